The number of hydrogen-bond donors (Lipinski definition) is 1. The fourth-order valence-electron chi connectivity index (χ4n) is 0.823. The molecule has 0 aliphatic heterocycles. The van der Waals surface area contributed by atoms with Crippen LogP contribution in [0.25, 0.3) is 0 Å². The standard InChI is InChI=1S/C7H5NO5/c9-3-4-1-5(8(12)13)7(11)6(10)2-4/h1-3,10-11H/p-1. The lowest BCUT2D eigenvalue weighted by molar-refractivity contribution is -0.398. The van der Waals surface area contributed by atoms with Crippen molar-refractivity contribution in [3.8, 4) is 11.5 Å². The molecule has 0 unspecified atom stereocenters. The third-order valence-corrected chi connectivity index (χ3v) is 1.40. The summed E-state index contributed by atoms with van der Waals surface area (Å²) in [5, 5.41) is 30.0. The number of phenolic OH excluding ortho intramolecular Hbond substituents is 1. The fourth-order valence-corrected chi connectivity index (χ4v) is 0.823. The monoisotopic (exact) mass is 182 g/mol. The molecule has 6 nitrogen and oxygen atoms in total. The zero-order valence-corrected chi connectivity index (χ0v) is 6.26. The maximum Gasteiger partial charge on any atom is 0.266 e. The molecule has 0 saturated carbocycles. The Hall–Kier alpha value is -2.11. The lowest BCUT2D eigenvalue weighted by Crippen LogP contribution is -1.99. The summed E-state index contributed by atoms with van der Waals surface area (Å²) in [5.74, 6) is -1.88. The highest BCUT2D eigenvalue weighted by molar-refractivity contribution is 5.78. The molecule has 0 radical (unpaired) electrons. The zero-order chi connectivity index (χ0) is 10.0. The molecule has 0 heterocycles. The van der Waals surface area contributed by atoms with Crippen molar-refractivity contribution >= 4 is 12.0 Å². The van der Waals surface area contributed by atoms with Gasteiger partial charge in [0.05, 0.1) is 4.92 Å². The first kappa shape index (κ1) is 8.98. The van der Waals surface area contributed by atoms with Gasteiger partial charge in [0.15, 0.2) is 0 Å². The molecule has 1 rings (SSSR count). The van der Waals surface area contributed by atoms with E-state index in [0.717, 1.165) is 12.1 Å². The van der Waals surface area contributed by atoms with Crippen LogP contribution in [0.15, 0.2) is 12.1 Å². The Morgan fingerprint density at radius 3 is 2.54 bits per heavy atom. The van der Waals surface area contributed by atoms with Crippen molar-refractivity contribution in [3.05, 3.63) is 27.8 Å². The summed E-state index contributed by atoms with van der Waals surface area (Å²) >= 11 is 0. The number of phenols is 1. The molecule has 0 aromatic heterocycles. The van der Waals surface area contributed by atoms with E-state index in [4.69, 9.17) is 5.11 Å². The van der Waals surface area contributed by atoms with Gasteiger partial charge in [-0.15, -0.1) is 0 Å². The van der Waals surface area contributed by atoms with Gasteiger partial charge >= 0.3 is 0 Å². The van der Waals surface area contributed by atoms with E-state index in [2.05, 4.69) is 0 Å². The van der Waals surface area contributed by atoms with Gasteiger partial charge in [-0.2, -0.15) is 0 Å². The lowest BCUT2D eigenvalue weighted by atomic mass is 10.2. The Labute approximate surface area is 72.2 Å². The van der Waals surface area contributed by atoms with Crippen molar-refractivity contribution in [2.75, 3.05) is 0 Å². The lowest BCUT2D eigenvalue weighted by Gasteiger charge is -2.08. The van der Waals surface area contributed by atoms with E-state index < -0.39 is 22.1 Å². The second kappa shape index (κ2) is 3.10. The van der Waals surface area contributed by atoms with E-state index >= 15 is 0 Å². The molecular formula is C7H4NO5-. The molecule has 0 saturated heterocycles. The van der Waals surface area contributed by atoms with Gasteiger partial charge in [-0.05, 0) is 6.07 Å². The van der Waals surface area contributed by atoms with Gasteiger partial charge in [-0.25, -0.2) is 0 Å². The smallest absolute Gasteiger partial charge is 0.266 e. The van der Waals surface area contributed by atoms with Crippen molar-refractivity contribution in [1.29, 1.82) is 0 Å². The quantitative estimate of drug-likeness (QED) is 0.399. The summed E-state index contributed by atoms with van der Waals surface area (Å²) in [7, 11) is 0. The summed E-state index contributed by atoms with van der Waals surface area (Å²) in [6, 6.07) is 1.69. The maximum atomic E-state index is 10.9. The summed E-state index contributed by atoms with van der Waals surface area (Å²) < 4.78 is 0. The highest BCUT2D eigenvalue weighted by atomic mass is 16.6. The average Bonchev–Trinajstić information content (AvgIpc) is 2.09. The second-order valence-corrected chi connectivity index (χ2v) is 2.26. The Morgan fingerprint density at radius 1 is 1.46 bits per heavy atom. The molecule has 6 heteroatoms. The summed E-state index contributed by atoms with van der Waals surface area (Å²) in [6.07, 6.45) is 0.312. The van der Waals surface area contributed by atoms with Crippen molar-refractivity contribution in [3.63, 3.8) is 0 Å². The summed E-state index contributed by atoms with van der Waals surface area (Å²) in [4.78, 5) is 19.5. The average molecular weight is 182 g/mol. The van der Waals surface area contributed by atoms with Gasteiger partial charge in [0.1, 0.15) is 12.0 Å². The largest absolute Gasteiger partial charge is 0.865 e. The minimum absolute atomic E-state index is 0.108. The molecule has 0 spiro atoms. The number of carbonyl (C=O) groups is 1. The highest BCUT2D eigenvalue weighted by Crippen LogP contribution is 2.32. The van der Waals surface area contributed by atoms with E-state index in [1.807, 2.05) is 0 Å². The number of hydrogen-bond acceptors (Lipinski definition) is 5. The van der Waals surface area contributed by atoms with Crippen LogP contribution in [0.3, 0.4) is 0 Å². The van der Waals surface area contributed by atoms with Crippen molar-refractivity contribution in [2.24, 2.45) is 0 Å². The second-order valence-electron chi connectivity index (χ2n) is 2.26. The van der Waals surface area contributed by atoms with E-state index in [0.29, 0.717) is 6.29 Å². The predicted molar refractivity (Wildman–Crippen MR) is 39.6 cm³/mol. The number of aldehydes is 1. The van der Waals surface area contributed by atoms with Gasteiger partial charge in [0.25, 0.3) is 5.69 Å². The number of nitrogens with zero attached hydrogens (tertiary/aromatic N) is 1. The van der Waals surface area contributed by atoms with Gasteiger partial charge in [-0.1, -0.05) is 0 Å². The van der Waals surface area contributed by atoms with E-state index in [9.17, 15) is 20.0 Å². The third kappa shape index (κ3) is 1.56. The number of aromatic hydroxyl groups is 1. The molecule has 0 fully saturated rings. The van der Waals surface area contributed by atoms with E-state index in [-0.39, 0.29) is 5.56 Å². The van der Waals surface area contributed by atoms with Crippen LogP contribution >= 0.6 is 0 Å². The van der Waals surface area contributed by atoms with Gasteiger partial charge < -0.3 is 10.2 Å². The Bertz CT molecular complexity index is 373. The first-order valence-electron chi connectivity index (χ1n) is 3.20. The fraction of sp³-hybridized carbons (Fsp3) is 0. The van der Waals surface area contributed by atoms with Crippen LogP contribution in [-0.2, 0) is 0 Å². The van der Waals surface area contributed by atoms with Crippen LogP contribution in [0, 0.1) is 10.1 Å². The molecule has 13 heavy (non-hydrogen) atoms. The molecule has 1 aromatic carbocycles. The Kier molecular flexibility index (Phi) is 2.14. The van der Waals surface area contributed by atoms with E-state index in [1.165, 1.54) is 0 Å². The minimum atomic E-state index is -1.09. The number of carbonyl (C=O) groups excluding carboxylic acids is 1. The first-order valence-corrected chi connectivity index (χ1v) is 3.20. The molecule has 0 atom stereocenters. The first-order chi connectivity index (χ1) is 6.06. The normalized spacial score (nSPS) is 9.54. The predicted octanol–water partition coefficient (Wildman–Crippen LogP) is 0.186. The van der Waals surface area contributed by atoms with Crippen molar-refractivity contribution in [1.82, 2.24) is 0 Å². The van der Waals surface area contributed by atoms with Gasteiger partial charge in [0, 0.05) is 17.4 Å². The number of nitro groups is 1. The van der Waals surface area contributed by atoms with Crippen LogP contribution < -0.4 is 5.11 Å². The van der Waals surface area contributed by atoms with Gasteiger partial charge in [-0.3, -0.25) is 14.9 Å². The maximum absolute atomic E-state index is 10.9. The van der Waals surface area contributed by atoms with Crippen LogP contribution in [0.2, 0.25) is 0 Å². The van der Waals surface area contributed by atoms with Crippen LogP contribution in [-0.4, -0.2) is 16.3 Å². The zero-order valence-electron chi connectivity index (χ0n) is 6.26. The molecule has 0 aliphatic carbocycles. The number of benzene rings is 1. The molecular weight excluding hydrogens is 178 g/mol. The van der Waals surface area contributed by atoms with Crippen LogP contribution in [0.5, 0.6) is 11.5 Å². The molecule has 0 bridgehead atoms. The molecule has 1 aromatic rings. The molecule has 0 aliphatic rings. The summed E-state index contributed by atoms with van der Waals surface area (Å²) in [5.41, 5.74) is -0.911. The van der Waals surface area contributed by atoms with Crippen LogP contribution in [0.1, 0.15) is 10.4 Å². The molecule has 0 amide bonds. The van der Waals surface area contributed by atoms with Crippen molar-refractivity contribution < 1.29 is 19.9 Å². The SMILES string of the molecule is O=Cc1cc(O)c([O-])c([N+](=O)[O-])c1. The van der Waals surface area contributed by atoms with Crippen molar-refractivity contribution in [2.45, 2.75) is 0 Å². The van der Waals surface area contributed by atoms with Crippen LogP contribution in [0.4, 0.5) is 5.69 Å². The minimum Gasteiger partial charge on any atom is -0.865 e. The Morgan fingerprint density at radius 2 is 2.08 bits per heavy atom. The van der Waals surface area contributed by atoms with E-state index in [1.54, 1.807) is 0 Å². The van der Waals surface area contributed by atoms with Gasteiger partial charge in [0.2, 0.25) is 0 Å². The highest BCUT2D eigenvalue weighted by Gasteiger charge is 2.11. The number of nitro benzene ring substituents is 1. The molecule has 1 N–H and O–H groups in total. The molecule has 68 valence electrons. The third-order valence-electron chi connectivity index (χ3n) is 1.40. The Balaban J connectivity index is 3.41. The number of rotatable bonds is 2. The summed E-state index contributed by atoms with van der Waals surface area (Å²) in [6.45, 7) is 0. The topological polar surface area (TPSA) is 104 Å².